The first-order chi connectivity index (χ1) is 15.4. The molecule has 5 rings (SSSR count). The zero-order chi connectivity index (χ0) is 22.5. The quantitative estimate of drug-likeness (QED) is 0.427. The number of aromatic nitrogens is 3. The summed E-state index contributed by atoms with van der Waals surface area (Å²) in [5.74, 6) is 0.132. The Morgan fingerprint density at radius 3 is 2.09 bits per heavy atom. The first-order valence-electron chi connectivity index (χ1n) is 10.3. The number of hydrogen-bond acceptors (Lipinski definition) is 5. The van der Waals surface area contributed by atoms with Gasteiger partial charge in [0, 0.05) is 0 Å². The fraction of sp³-hybridized carbons (Fsp3) is 0.120. The summed E-state index contributed by atoms with van der Waals surface area (Å²) in [4.78, 5) is 9.66. The van der Waals surface area contributed by atoms with Crippen molar-refractivity contribution in [2.75, 3.05) is 5.73 Å². The van der Waals surface area contributed by atoms with Crippen LogP contribution in [0.2, 0.25) is 0 Å². The predicted molar refractivity (Wildman–Crippen MR) is 126 cm³/mol. The summed E-state index contributed by atoms with van der Waals surface area (Å²) in [6, 6.07) is 23.7. The fourth-order valence-corrected chi connectivity index (χ4v) is 5.52. The molecular weight excluding hydrogens is 420 g/mol. The second-order valence-corrected chi connectivity index (χ2v) is 9.76. The topological polar surface area (TPSA) is 90.9 Å². The lowest BCUT2D eigenvalue weighted by Crippen LogP contribution is -2.12. The summed E-state index contributed by atoms with van der Waals surface area (Å²) in [5, 5.41) is 0. The number of aryl methyl sites for hydroxylation is 1. The molecule has 0 saturated heterocycles. The van der Waals surface area contributed by atoms with Crippen LogP contribution in [-0.2, 0) is 9.84 Å². The van der Waals surface area contributed by atoms with E-state index < -0.39 is 9.84 Å². The average molecular weight is 443 g/mol. The van der Waals surface area contributed by atoms with Crippen LogP contribution in [0, 0.1) is 6.92 Å². The van der Waals surface area contributed by atoms with Gasteiger partial charge in [0.15, 0.2) is 5.65 Å². The van der Waals surface area contributed by atoms with Crippen LogP contribution in [0.25, 0.3) is 22.2 Å². The average Bonchev–Trinajstić information content (AvgIpc) is 3.09. The zero-order valence-corrected chi connectivity index (χ0v) is 18.5. The van der Waals surface area contributed by atoms with Gasteiger partial charge in [0.25, 0.3) is 0 Å². The number of sulfone groups is 1. The normalized spacial score (nSPS) is 12.9. The van der Waals surface area contributed by atoms with Gasteiger partial charge in [-0.1, -0.05) is 60.2 Å². The maximum absolute atomic E-state index is 13.7. The molecule has 0 aliphatic carbocycles. The lowest BCUT2D eigenvalue weighted by molar-refractivity contribution is 0.596. The molecule has 0 aliphatic heterocycles. The Kier molecular flexibility index (Phi) is 4.71. The van der Waals surface area contributed by atoms with E-state index in [2.05, 4.69) is 0 Å². The molecule has 1 atom stereocenters. The van der Waals surface area contributed by atoms with Crippen molar-refractivity contribution >= 4 is 37.9 Å². The first-order valence-corrected chi connectivity index (χ1v) is 11.8. The van der Waals surface area contributed by atoms with E-state index in [1.54, 1.807) is 28.8 Å². The van der Waals surface area contributed by atoms with Gasteiger partial charge in [-0.15, -0.1) is 0 Å². The van der Waals surface area contributed by atoms with E-state index in [0.29, 0.717) is 16.7 Å². The number of rotatable bonds is 4. The van der Waals surface area contributed by atoms with Gasteiger partial charge in [-0.2, -0.15) is 0 Å². The third-order valence-corrected chi connectivity index (χ3v) is 7.59. The molecule has 0 amide bonds. The van der Waals surface area contributed by atoms with Crippen molar-refractivity contribution in [3.63, 3.8) is 0 Å². The van der Waals surface area contributed by atoms with Crippen LogP contribution in [0.5, 0.6) is 0 Å². The Bertz CT molecular complexity index is 1560. The number of para-hydroxylation sites is 2. The highest BCUT2D eigenvalue weighted by Crippen LogP contribution is 2.38. The molecule has 0 bridgehead atoms. The van der Waals surface area contributed by atoms with Crippen LogP contribution in [0.3, 0.4) is 0 Å². The smallest absolute Gasteiger partial charge is 0.212 e. The van der Waals surface area contributed by atoms with Gasteiger partial charge >= 0.3 is 0 Å². The predicted octanol–water partition coefficient (Wildman–Crippen LogP) is 4.92. The molecule has 0 spiro atoms. The molecule has 5 aromatic rings. The van der Waals surface area contributed by atoms with Gasteiger partial charge in [0.2, 0.25) is 9.84 Å². The molecule has 0 unspecified atom stereocenters. The minimum atomic E-state index is -3.92. The summed E-state index contributed by atoms with van der Waals surface area (Å²) in [6.07, 6.45) is 0. The van der Waals surface area contributed by atoms with Gasteiger partial charge < -0.3 is 10.3 Å². The summed E-state index contributed by atoms with van der Waals surface area (Å²) in [7, 11) is -3.92. The van der Waals surface area contributed by atoms with Crippen molar-refractivity contribution in [3.05, 3.63) is 90.0 Å². The molecule has 6 nitrogen and oxygen atoms in total. The maximum atomic E-state index is 13.7. The highest BCUT2D eigenvalue weighted by Gasteiger charge is 2.31. The molecule has 2 N–H and O–H groups in total. The molecule has 2 heterocycles. The number of fused-ring (bicyclic) bond motifs is 2. The first kappa shape index (κ1) is 20.2. The van der Waals surface area contributed by atoms with E-state index in [0.717, 1.165) is 11.1 Å². The minimum Gasteiger partial charge on any atom is -0.384 e. The molecular formula is C25H22N4O2S. The minimum absolute atomic E-state index is 0.00242. The summed E-state index contributed by atoms with van der Waals surface area (Å²) >= 11 is 0. The molecule has 2 aromatic heterocycles. The van der Waals surface area contributed by atoms with Crippen LogP contribution in [0.15, 0.2) is 88.7 Å². The Morgan fingerprint density at radius 1 is 0.844 bits per heavy atom. The third kappa shape index (κ3) is 3.13. The van der Waals surface area contributed by atoms with E-state index >= 15 is 0 Å². The van der Waals surface area contributed by atoms with Crippen LogP contribution in [-0.4, -0.2) is 23.0 Å². The Balaban J connectivity index is 1.86. The SMILES string of the molecule is Cc1ccc(S(=O)(=O)c2c(N)n([C@@H](C)c3ccccc3)c3nc4ccccc4nc23)cc1. The number of nitrogens with zero attached hydrogens (tertiary/aromatic N) is 3. The second-order valence-electron chi connectivity index (χ2n) is 7.87. The van der Waals surface area contributed by atoms with E-state index in [4.69, 9.17) is 15.7 Å². The number of benzene rings is 3. The molecule has 3 aromatic carbocycles. The third-order valence-electron chi connectivity index (χ3n) is 5.76. The monoisotopic (exact) mass is 442 g/mol. The van der Waals surface area contributed by atoms with Gasteiger partial charge in [-0.25, -0.2) is 18.4 Å². The zero-order valence-electron chi connectivity index (χ0n) is 17.7. The number of nitrogens with two attached hydrogens (primary N) is 1. The molecule has 0 fully saturated rings. The number of hydrogen-bond donors (Lipinski definition) is 1. The van der Waals surface area contributed by atoms with Gasteiger partial charge in [0.05, 0.1) is 22.0 Å². The highest BCUT2D eigenvalue weighted by atomic mass is 32.2. The Labute approximate surface area is 186 Å². The van der Waals surface area contributed by atoms with Gasteiger partial charge in [0.1, 0.15) is 16.2 Å². The van der Waals surface area contributed by atoms with Crippen LogP contribution >= 0.6 is 0 Å². The summed E-state index contributed by atoms with van der Waals surface area (Å²) < 4.78 is 29.2. The summed E-state index contributed by atoms with van der Waals surface area (Å²) in [6.45, 7) is 3.89. The van der Waals surface area contributed by atoms with Gasteiger partial charge in [-0.3, -0.25) is 0 Å². The van der Waals surface area contributed by atoms with Crippen molar-refractivity contribution in [1.82, 2.24) is 14.5 Å². The van der Waals surface area contributed by atoms with Crippen molar-refractivity contribution < 1.29 is 8.42 Å². The lowest BCUT2D eigenvalue weighted by atomic mass is 10.1. The summed E-state index contributed by atoms with van der Waals surface area (Å²) in [5.41, 5.74) is 10.6. The number of nitrogen functional groups attached to an aromatic ring is 1. The molecule has 32 heavy (non-hydrogen) atoms. The van der Waals surface area contributed by atoms with Crippen molar-refractivity contribution in [3.8, 4) is 0 Å². The Hall–Kier alpha value is -3.71. The van der Waals surface area contributed by atoms with Crippen molar-refractivity contribution in [2.45, 2.75) is 29.7 Å². The maximum Gasteiger partial charge on any atom is 0.212 e. The van der Waals surface area contributed by atoms with E-state index in [-0.39, 0.29) is 27.2 Å². The van der Waals surface area contributed by atoms with Crippen molar-refractivity contribution in [1.29, 1.82) is 0 Å². The highest BCUT2D eigenvalue weighted by molar-refractivity contribution is 7.92. The van der Waals surface area contributed by atoms with Crippen LogP contribution in [0.1, 0.15) is 24.1 Å². The standard InChI is InChI=1S/C25H22N4O2S/c1-16-12-14-19(15-13-16)32(30,31)23-22-25(28-21-11-7-6-10-20(21)27-22)29(24(23)26)17(2)18-8-4-3-5-9-18/h3-15,17H,26H2,1-2H3/t17-/m0/s1. The molecule has 160 valence electrons. The second kappa shape index (κ2) is 7.46. The number of anilines is 1. The molecule has 0 radical (unpaired) electrons. The van der Waals surface area contributed by atoms with Crippen LogP contribution < -0.4 is 5.73 Å². The molecule has 7 heteroatoms. The Morgan fingerprint density at radius 2 is 1.44 bits per heavy atom. The van der Waals surface area contributed by atoms with Gasteiger partial charge in [-0.05, 0) is 43.7 Å². The fourth-order valence-electron chi connectivity index (χ4n) is 4.03. The van der Waals surface area contributed by atoms with Crippen LogP contribution in [0.4, 0.5) is 5.82 Å². The van der Waals surface area contributed by atoms with E-state index in [1.807, 2.05) is 68.4 Å². The van der Waals surface area contributed by atoms with Crippen molar-refractivity contribution in [2.24, 2.45) is 0 Å². The van der Waals surface area contributed by atoms with E-state index in [1.165, 1.54) is 0 Å². The lowest BCUT2D eigenvalue weighted by Gasteiger charge is -2.17. The molecule has 0 saturated carbocycles. The van der Waals surface area contributed by atoms with E-state index in [9.17, 15) is 8.42 Å². The molecule has 0 aliphatic rings. The largest absolute Gasteiger partial charge is 0.384 e.